The van der Waals surface area contributed by atoms with Gasteiger partial charge >= 0.3 is 0 Å². The summed E-state index contributed by atoms with van der Waals surface area (Å²) >= 11 is 1.81. The van der Waals surface area contributed by atoms with Crippen LogP contribution in [0.1, 0.15) is 36.0 Å². The molecule has 0 aliphatic heterocycles. The van der Waals surface area contributed by atoms with Gasteiger partial charge in [-0.3, -0.25) is 5.10 Å². The lowest BCUT2D eigenvalue weighted by molar-refractivity contribution is 0.416. The van der Waals surface area contributed by atoms with Crippen molar-refractivity contribution in [2.75, 3.05) is 0 Å². The Kier molecular flexibility index (Phi) is 3.97. The fourth-order valence-electron chi connectivity index (χ4n) is 1.91. The van der Waals surface area contributed by atoms with E-state index in [1.807, 2.05) is 17.5 Å². The summed E-state index contributed by atoms with van der Waals surface area (Å²) in [6.07, 6.45) is 1.90. The summed E-state index contributed by atoms with van der Waals surface area (Å²) in [5, 5.41) is 12.8. The highest BCUT2D eigenvalue weighted by atomic mass is 32.1. The molecule has 2 heterocycles. The van der Waals surface area contributed by atoms with E-state index in [1.165, 1.54) is 10.4 Å². The molecule has 4 heteroatoms. The summed E-state index contributed by atoms with van der Waals surface area (Å²) in [7, 11) is 0. The number of aromatic nitrogens is 2. The molecule has 0 aliphatic carbocycles. The number of thiophene rings is 1. The number of aryl methyl sites for hydroxylation is 1. The Hall–Kier alpha value is -1.13. The molecule has 0 aromatic carbocycles. The van der Waals surface area contributed by atoms with Gasteiger partial charge in [0.15, 0.2) is 0 Å². The lowest BCUT2D eigenvalue weighted by atomic mass is 10.0. The molecule has 2 rings (SSSR count). The van der Waals surface area contributed by atoms with E-state index >= 15 is 0 Å². The van der Waals surface area contributed by atoms with Crippen molar-refractivity contribution in [3.63, 3.8) is 0 Å². The molecule has 0 amide bonds. The van der Waals surface area contributed by atoms with Gasteiger partial charge in [0.1, 0.15) is 0 Å². The van der Waals surface area contributed by atoms with Crippen molar-refractivity contribution in [3.8, 4) is 0 Å². The Morgan fingerprint density at radius 2 is 2.29 bits per heavy atom. The van der Waals surface area contributed by atoms with Gasteiger partial charge in [0, 0.05) is 28.7 Å². The fourth-order valence-corrected chi connectivity index (χ4v) is 2.88. The van der Waals surface area contributed by atoms with Crippen molar-refractivity contribution < 1.29 is 0 Å². The van der Waals surface area contributed by atoms with Crippen LogP contribution in [0.4, 0.5) is 0 Å². The van der Waals surface area contributed by atoms with E-state index in [1.54, 1.807) is 0 Å². The molecule has 0 spiro atoms. The predicted octanol–water partition coefficient (Wildman–Crippen LogP) is 3.27. The third kappa shape index (κ3) is 2.96. The molecule has 2 aromatic heterocycles. The molecule has 0 fully saturated rings. The van der Waals surface area contributed by atoms with Crippen molar-refractivity contribution in [2.45, 2.75) is 33.4 Å². The SMILES string of the molecule is Cc1[nH]ncc1CNC(c1cccs1)C(C)C. The van der Waals surface area contributed by atoms with Crippen LogP contribution < -0.4 is 5.32 Å². The average molecular weight is 249 g/mol. The molecule has 17 heavy (non-hydrogen) atoms. The Bertz CT molecular complexity index is 445. The number of hydrogen-bond acceptors (Lipinski definition) is 3. The molecule has 1 atom stereocenters. The van der Waals surface area contributed by atoms with Gasteiger partial charge in [-0.25, -0.2) is 0 Å². The summed E-state index contributed by atoms with van der Waals surface area (Å²) < 4.78 is 0. The topological polar surface area (TPSA) is 40.7 Å². The number of H-pyrrole nitrogens is 1. The maximum atomic E-state index is 4.04. The van der Waals surface area contributed by atoms with E-state index in [0.29, 0.717) is 12.0 Å². The first-order valence-corrected chi connectivity index (χ1v) is 6.82. The summed E-state index contributed by atoms with van der Waals surface area (Å²) in [5.74, 6) is 0.584. The third-order valence-corrected chi connectivity index (χ3v) is 3.92. The number of rotatable bonds is 5. The Labute approximate surface area is 106 Å². The quantitative estimate of drug-likeness (QED) is 0.854. The summed E-state index contributed by atoms with van der Waals surface area (Å²) in [6, 6.07) is 4.73. The first-order chi connectivity index (χ1) is 8.18. The highest BCUT2D eigenvalue weighted by molar-refractivity contribution is 7.10. The highest BCUT2D eigenvalue weighted by Gasteiger charge is 2.16. The van der Waals surface area contributed by atoms with E-state index < -0.39 is 0 Å². The van der Waals surface area contributed by atoms with Crippen LogP contribution in [0.2, 0.25) is 0 Å². The highest BCUT2D eigenvalue weighted by Crippen LogP contribution is 2.26. The summed E-state index contributed by atoms with van der Waals surface area (Å²) in [5.41, 5.74) is 2.39. The van der Waals surface area contributed by atoms with Gasteiger partial charge in [-0.2, -0.15) is 5.10 Å². The van der Waals surface area contributed by atoms with Crippen LogP contribution in [0.3, 0.4) is 0 Å². The van der Waals surface area contributed by atoms with Gasteiger partial charge in [-0.05, 0) is 24.3 Å². The minimum atomic E-state index is 0.421. The third-order valence-electron chi connectivity index (χ3n) is 2.96. The Balaban J connectivity index is 2.02. The lowest BCUT2D eigenvalue weighted by Crippen LogP contribution is -2.24. The molecular formula is C13H19N3S. The molecule has 0 aliphatic rings. The van der Waals surface area contributed by atoms with E-state index in [0.717, 1.165) is 12.2 Å². The van der Waals surface area contributed by atoms with Crippen LogP contribution in [-0.2, 0) is 6.54 Å². The van der Waals surface area contributed by atoms with Crippen LogP contribution in [0.25, 0.3) is 0 Å². The second kappa shape index (κ2) is 5.47. The molecule has 0 bridgehead atoms. The van der Waals surface area contributed by atoms with Gasteiger partial charge in [0.2, 0.25) is 0 Å². The largest absolute Gasteiger partial charge is 0.305 e. The van der Waals surface area contributed by atoms with Crippen molar-refractivity contribution in [3.05, 3.63) is 39.8 Å². The zero-order valence-corrected chi connectivity index (χ0v) is 11.3. The second-order valence-corrected chi connectivity index (χ2v) is 5.62. The van der Waals surface area contributed by atoms with E-state index in [2.05, 4.69) is 53.8 Å². The van der Waals surface area contributed by atoms with Gasteiger partial charge in [0.25, 0.3) is 0 Å². The van der Waals surface area contributed by atoms with Crippen molar-refractivity contribution >= 4 is 11.3 Å². The minimum absolute atomic E-state index is 0.421. The molecule has 2 aromatic rings. The molecule has 3 nitrogen and oxygen atoms in total. The molecule has 1 unspecified atom stereocenters. The predicted molar refractivity (Wildman–Crippen MR) is 72.1 cm³/mol. The first-order valence-electron chi connectivity index (χ1n) is 5.94. The standard InChI is InChI=1S/C13H19N3S/c1-9(2)13(12-5-4-6-17-12)14-7-11-8-15-16-10(11)3/h4-6,8-9,13-14H,7H2,1-3H3,(H,15,16). The zero-order chi connectivity index (χ0) is 12.3. The number of nitrogens with one attached hydrogen (secondary N) is 2. The van der Waals surface area contributed by atoms with E-state index in [-0.39, 0.29) is 0 Å². The molecule has 0 radical (unpaired) electrons. The van der Waals surface area contributed by atoms with Crippen LogP contribution in [-0.4, -0.2) is 10.2 Å². The Morgan fingerprint density at radius 1 is 1.47 bits per heavy atom. The number of nitrogens with zero attached hydrogens (tertiary/aromatic N) is 1. The maximum absolute atomic E-state index is 4.04. The summed E-state index contributed by atoms with van der Waals surface area (Å²) in [4.78, 5) is 1.40. The van der Waals surface area contributed by atoms with Crippen LogP contribution in [0.15, 0.2) is 23.7 Å². The molecule has 0 saturated carbocycles. The van der Waals surface area contributed by atoms with Crippen molar-refractivity contribution in [1.82, 2.24) is 15.5 Å². The second-order valence-electron chi connectivity index (χ2n) is 4.64. The molecule has 2 N–H and O–H groups in total. The lowest BCUT2D eigenvalue weighted by Gasteiger charge is -2.21. The van der Waals surface area contributed by atoms with E-state index in [4.69, 9.17) is 0 Å². The Morgan fingerprint density at radius 3 is 2.82 bits per heavy atom. The zero-order valence-electron chi connectivity index (χ0n) is 10.5. The number of hydrogen-bond donors (Lipinski definition) is 2. The smallest absolute Gasteiger partial charge is 0.0535 e. The molecule has 92 valence electrons. The van der Waals surface area contributed by atoms with Crippen molar-refractivity contribution in [2.24, 2.45) is 5.92 Å². The number of aromatic amines is 1. The van der Waals surface area contributed by atoms with E-state index in [9.17, 15) is 0 Å². The maximum Gasteiger partial charge on any atom is 0.0535 e. The van der Waals surface area contributed by atoms with Crippen LogP contribution >= 0.6 is 11.3 Å². The van der Waals surface area contributed by atoms with Gasteiger partial charge in [-0.15, -0.1) is 11.3 Å². The van der Waals surface area contributed by atoms with Gasteiger partial charge in [0.05, 0.1) is 6.20 Å². The summed E-state index contributed by atoms with van der Waals surface area (Å²) in [6.45, 7) is 7.42. The molecule has 0 saturated heterocycles. The monoisotopic (exact) mass is 249 g/mol. The van der Waals surface area contributed by atoms with Crippen LogP contribution in [0.5, 0.6) is 0 Å². The normalized spacial score (nSPS) is 13.2. The average Bonchev–Trinajstić information content (AvgIpc) is 2.91. The fraction of sp³-hybridized carbons (Fsp3) is 0.462. The molecular weight excluding hydrogens is 230 g/mol. The van der Waals surface area contributed by atoms with Crippen LogP contribution in [0, 0.1) is 12.8 Å². The minimum Gasteiger partial charge on any atom is -0.305 e. The van der Waals surface area contributed by atoms with Gasteiger partial charge in [-0.1, -0.05) is 19.9 Å². The first kappa shape index (κ1) is 12.3. The van der Waals surface area contributed by atoms with Gasteiger partial charge < -0.3 is 5.32 Å². The van der Waals surface area contributed by atoms with Crippen molar-refractivity contribution in [1.29, 1.82) is 0 Å².